The first-order valence-electron chi connectivity index (χ1n) is 9.44. The van der Waals surface area contributed by atoms with Gasteiger partial charge in [0.25, 0.3) is 5.91 Å². The van der Waals surface area contributed by atoms with E-state index in [0.29, 0.717) is 29.3 Å². The van der Waals surface area contributed by atoms with Crippen molar-refractivity contribution in [1.29, 1.82) is 0 Å². The van der Waals surface area contributed by atoms with Gasteiger partial charge in [-0.2, -0.15) is 11.8 Å². The van der Waals surface area contributed by atoms with Crippen LogP contribution >= 0.6 is 11.8 Å². The summed E-state index contributed by atoms with van der Waals surface area (Å²) < 4.78 is 11.0. The van der Waals surface area contributed by atoms with Gasteiger partial charge in [-0.15, -0.1) is 0 Å². The molecule has 1 aromatic carbocycles. The molecule has 2 aromatic rings. The molecule has 0 bridgehead atoms. The minimum Gasteiger partial charge on any atom is -0.473 e. The zero-order valence-corrected chi connectivity index (χ0v) is 16.7. The number of carbonyl (C=O) groups excluding carboxylic acids is 2. The first-order chi connectivity index (χ1) is 13.7. The molecular weight excluding hydrogens is 376 g/mol. The van der Waals surface area contributed by atoms with Crippen LogP contribution in [0.5, 0.6) is 5.88 Å². The first kappa shape index (κ1) is 20.2. The lowest BCUT2D eigenvalue weighted by Gasteiger charge is -2.11. The molecule has 1 aliphatic rings. The van der Waals surface area contributed by atoms with E-state index in [0.717, 1.165) is 30.8 Å². The number of rotatable bonds is 8. The predicted molar refractivity (Wildman–Crippen MR) is 110 cm³/mol. The van der Waals surface area contributed by atoms with E-state index in [1.807, 2.05) is 18.7 Å². The number of carbonyl (C=O) groups is 2. The van der Waals surface area contributed by atoms with E-state index < -0.39 is 0 Å². The number of unbranched alkanes of at least 4 members (excludes halogenated alkanes) is 1. The molecule has 1 fully saturated rings. The lowest BCUT2D eigenvalue weighted by Crippen LogP contribution is -2.16. The molecule has 7 heteroatoms. The van der Waals surface area contributed by atoms with E-state index in [-0.39, 0.29) is 18.0 Å². The van der Waals surface area contributed by atoms with Gasteiger partial charge < -0.3 is 14.8 Å². The summed E-state index contributed by atoms with van der Waals surface area (Å²) in [6, 6.07) is 10.0. The molecule has 1 aromatic heterocycles. The molecule has 1 unspecified atom stereocenters. The van der Waals surface area contributed by atoms with E-state index in [1.165, 1.54) is 6.20 Å². The lowest BCUT2D eigenvalue weighted by atomic mass is 10.2. The Morgan fingerprint density at radius 2 is 1.96 bits per heavy atom. The molecule has 1 saturated heterocycles. The van der Waals surface area contributed by atoms with Gasteiger partial charge in [0.2, 0.25) is 5.88 Å². The number of esters is 1. The number of amides is 1. The SMILES string of the molecule is CCCCOC(=O)c1ccc(NC(=O)c2ccc(OC3CCSC3)nc2)cc1. The number of ether oxygens (including phenoxy) is 2. The van der Waals surface area contributed by atoms with Gasteiger partial charge in [-0.3, -0.25) is 4.79 Å². The Bertz CT molecular complexity index is 787. The fraction of sp³-hybridized carbons (Fsp3) is 0.381. The molecule has 28 heavy (non-hydrogen) atoms. The standard InChI is InChI=1S/C21H24N2O4S/c1-2-3-11-26-21(25)15-4-7-17(8-5-15)23-20(24)16-6-9-19(22-13-16)27-18-10-12-28-14-18/h4-9,13,18H,2-3,10-12,14H2,1H3,(H,23,24). The van der Waals surface area contributed by atoms with Crippen molar-refractivity contribution >= 4 is 29.3 Å². The van der Waals surface area contributed by atoms with Gasteiger partial charge in [-0.25, -0.2) is 9.78 Å². The summed E-state index contributed by atoms with van der Waals surface area (Å²) in [6.07, 6.45) is 4.55. The number of hydrogen-bond donors (Lipinski definition) is 1. The van der Waals surface area contributed by atoms with E-state index in [2.05, 4.69) is 10.3 Å². The normalized spacial score (nSPS) is 15.8. The van der Waals surface area contributed by atoms with Crippen molar-refractivity contribution in [3.05, 3.63) is 53.7 Å². The average molecular weight is 401 g/mol. The fourth-order valence-electron chi connectivity index (χ4n) is 2.65. The molecule has 148 valence electrons. The Morgan fingerprint density at radius 1 is 1.18 bits per heavy atom. The van der Waals surface area contributed by atoms with Crippen LogP contribution in [0.25, 0.3) is 0 Å². The maximum Gasteiger partial charge on any atom is 0.338 e. The van der Waals surface area contributed by atoms with E-state index in [4.69, 9.17) is 9.47 Å². The molecule has 6 nitrogen and oxygen atoms in total. The molecule has 0 spiro atoms. The summed E-state index contributed by atoms with van der Waals surface area (Å²) in [4.78, 5) is 28.5. The maximum absolute atomic E-state index is 12.4. The van der Waals surface area contributed by atoms with E-state index >= 15 is 0 Å². The van der Waals surface area contributed by atoms with Gasteiger partial charge >= 0.3 is 5.97 Å². The van der Waals surface area contributed by atoms with Crippen molar-refractivity contribution in [1.82, 2.24) is 4.98 Å². The average Bonchev–Trinajstić information content (AvgIpc) is 3.22. The molecule has 2 heterocycles. The van der Waals surface area contributed by atoms with Crippen LogP contribution in [-0.4, -0.2) is 41.1 Å². The highest BCUT2D eigenvalue weighted by Crippen LogP contribution is 2.22. The second-order valence-electron chi connectivity index (χ2n) is 6.51. The number of aromatic nitrogens is 1. The highest BCUT2D eigenvalue weighted by Gasteiger charge is 2.17. The fourth-order valence-corrected chi connectivity index (χ4v) is 3.74. The number of benzene rings is 1. The largest absolute Gasteiger partial charge is 0.473 e. The van der Waals surface area contributed by atoms with Gasteiger partial charge in [-0.05, 0) is 48.9 Å². The van der Waals surface area contributed by atoms with Crippen molar-refractivity contribution in [3.63, 3.8) is 0 Å². The van der Waals surface area contributed by atoms with Crippen LogP contribution in [-0.2, 0) is 4.74 Å². The van der Waals surface area contributed by atoms with Crippen molar-refractivity contribution in [2.75, 3.05) is 23.4 Å². The van der Waals surface area contributed by atoms with Crippen LogP contribution < -0.4 is 10.1 Å². The van der Waals surface area contributed by atoms with Crippen molar-refractivity contribution < 1.29 is 19.1 Å². The number of hydrogen-bond acceptors (Lipinski definition) is 6. The summed E-state index contributed by atoms with van der Waals surface area (Å²) in [5, 5.41) is 2.79. The summed E-state index contributed by atoms with van der Waals surface area (Å²) in [6.45, 7) is 2.45. The summed E-state index contributed by atoms with van der Waals surface area (Å²) in [5.41, 5.74) is 1.50. The lowest BCUT2D eigenvalue weighted by molar-refractivity contribution is 0.0499. The van der Waals surface area contributed by atoms with Crippen LogP contribution in [0.1, 0.15) is 46.9 Å². The van der Waals surface area contributed by atoms with Crippen molar-refractivity contribution in [2.24, 2.45) is 0 Å². The molecule has 1 atom stereocenters. The summed E-state index contributed by atoms with van der Waals surface area (Å²) in [7, 11) is 0. The summed E-state index contributed by atoms with van der Waals surface area (Å²) in [5.74, 6) is 2.00. The number of pyridine rings is 1. The zero-order chi connectivity index (χ0) is 19.8. The molecule has 1 N–H and O–H groups in total. The van der Waals surface area contributed by atoms with Crippen LogP contribution in [0.4, 0.5) is 5.69 Å². The number of nitrogens with zero attached hydrogens (tertiary/aromatic N) is 1. The Kier molecular flexibility index (Phi) is 7.31. The van der Waals surface area contributed by atoms with Crippen LogP contribution in [0.2, 0.25) is 0 Å². The Hall–Kier alpha value is -2.54. The molecule has 1 amide bonds. The second kappa shape index (κ2) is 10.1. The third-order valence-electron chi connectivity index (χ3n) is 4.28. The molecule has 1 aliphatic heterocycles. The van der Waals surface area contributed by atoms with Crippen molar-refractivity contribution in [2.45, 2.75) is 32.3 Å². The predicted octanol–water partition coefficient (Wildman–Crippen LogP) is 4.18. The Balaban J connectivity index is 1.53. The monoisotopic (exact) mass is 400 g/mol. The minimum absolute atomic E-state index is 0.198. The molecular formula is C21H24N2O4S. The third-order valence-corrected chi connectivity index (χ3v) is 5.42. The number of thioether (sulfide) groups is 1. The Labute approximate surface area is 169 Å². The van der Waals surface area contributed by atoms with Gasteiger partial charge in [0, 0.05) is 23.7 Å². The van der Waals surface area contributed by atoms with Crippen LogP contribution in [0, 0.1) is 0 Å². The first-order valence-corrected chi connectivity index (χ1v) is 10.6. The van der Waals surface area contributed by atoms with Gasteiger partial charge in [0.15, 0.2) is 0 Å². The van der Waals surface area contributed by atoms with Gasteiger partial charge in [0.1, 0.15) is 6.10 Å². The Morgan fingerprint density at radius 3 is 2.61 bits per heavy atom. The maximum atomic E-state index is 12.4. The number of anilines is 1. The van der Waals surface area contributed by atoms with E-state index in [9.17, 15) is 9.59 Å². The summed E-state index contributed by atoms with van der Waals surface area (Å²) >= 11 is 1.87. The van der Waals surface area contributed by atoms with E-state index in [1.54, 1.807) is 36.4 Å². The highest BCUT2D eigenvalue weighted by atomic mass is 32.2. The topological polar surface area (TPSA) is 77.5 Å². The van der Waals surface area contributed by atoms with Gasteiger partial charge in [0.05, 0.1) is 17.7 Å². The molecule has 3 rings (SSSR count). The minimum atomic E-state index is -0.355. The molecule has 0 radical (unpaired) electrons. The zero-order valence-electron chi connectivity index (χ0n) is 15.8. The van der Waals surface area contributed by atoms with Crippen LogP contribution in [0.15, 0.2) is 42.6 Å². The van der Waals surface area contributed by atoms with Gasteiger partial charge in [-0.1, -0.05) is 13.3 Å². The molecule has 0 saturated carbocycles. The third kappa shape index (κ3) is 5.73. The van der Waals surface area contributed by atoms with Crippen LogP contribution in [0.3, 0.4) is 0 Å². The van der Waals surface area contributed by atoms with Crippen molar-refractivity contribution in [3.8, 4) is 5.88 Å². The molecule has 0 aliphatic carbocycles. The second-order valence-corrected chi connectivity index (χ2v) is 7.66. The quantitative estimate of drug-likeness (QED) is 0.529. The number of nitrogens with one attached hydrogen (secondary N) is 1. The smallest absolute Gasteiger partial charge is 0.338 e. The highest BCUT2D eigenvalue weighted by molar-refractivity contribution is 7.99.